The second-order valence-corrected chi connectivity index (χ2v) is 31.0. The summed E-state index contributed by atoms with van der Waals surface area (Å²) in [5.41, 5.74) is 13.5. The number of nitrogens with two attached hydrogens (primary N) is 2. The van der Waals surface area contributed by atoms with Crippen LogP contribution in [0, 0.1) is 39.0 Å². The standard InChI is InChI=1S/C21H25Cl2N3O.C18H22Cl2N4O2.C18H22Cl2N4O.C18H21Cl2N3O2/c1-14-5-4-8-21(14)9-11-25(12-10-21)18-13-19(27)26(15(2)24-18)17-7-3-6-16(22)20(17)23;1-12-22-15(23-8-5-18(21,6-9-23)7-10-25)11-16(26)24(12)14-4-2-3-13(19)17(14)20;1-3-18(21)7-9-23(10-8-18)15-11-16(25)24(12(2)22-15)14-6-4-5-13(19)17(14)20;1-3-18(25)7-9-22(10-8-18)15-11-16(24)23(12(2)21-15)14-6-4-5-13(19)17(14)20/h3,6-7,13-14H,4-5,8-12H2,1-2H3;2-4,11,25H,5-10,21H2,1H3;4-6,11H,3,7-10,21H2,1-2H3;4-6,11,25H,3,7-10H2,1-2H3/t14-;;;/m0.../s1. The first-order valence-corrected chi connectivity index (χ1v) is 38.1. The Labute approximate surface area is 641 Å². The Hall–Kier alpha value is -6.24. The lowest BCUT2D eigenvalue weighted by molar-refractivity contribution is 0.0124. The molecule has 4 aromatic heterocycles. The number of nitrogens with zero attached hydrogens (tertiary/aromatic N) is 12. The first kappa shape index (κ1) is 79.3. The summed E-state index contributed by atoms with van der Waals surface area (Å²) in [5, 5.41) is 22.5. The fourth-order valence-corrected chi connectivity index (χ4v) is 16.3. The minimum absolute atomic E-state index is 0.0876. The van der Waals surface area contributed by atoms with E-state index in [-0.39, 0.29) is 39.9 Å². The highest BCUT2D eigenvalue weighted by Crippen LogP contribution is 2.50. The number of aliphatic hydroxyl groups is 2. The molecule has 1 atom stereocenters. The van der Waals surface area contributed by atoms with Gasteiger partial charge in [-0.2, -0.15) is 0 Å². The molecule has 4 aliphatic heterocycles. The molecule has 20 nitrogen and oxygen atoms in total. The molecule has 4 aromatic carbocycles. The van der Waals surface area contributed by atoms with Crippen LogP contribution in [0.1, 0.15) is 134 Å². The number of aryl methyl sites for hydroxylation is 4. The second-order valence-electron chi connectivity index (χ2n) is 27.9. The van der Waals surface area contributed by atoms with Gasteiger partial charge >= 0.3 is 0 Å². The quantitative estimate of drug-likeness (QED) is 0.0888. The van der Waals surface area contributed by atoms with Crippen LogP contribution in [0.2, 0.25) is 40.2 Å². The van der Waals surface area contributed by atoms with Crippen molar-refractivity contribution in [3.63, 3.8) is 0 Å². The molecule has 0 bridgehead atoms. The molecule has 4 saturated heterocycles. The third kappa shape index (κ3) is 17.9. The number of piperidine rings is 4. The van der Waals surface area contributed by atoms with Crippen molar-refractivity contribution in [2.24, 2.45) is 22.8 Å². The van der Waals surface area contributed by atoms with Gasteiger partial charge in [0.2, 0.25) is 0 Å². The van der Waals surface area contributed by atoms with E-state index in [0.29, 0.717) is 155 Å². The summed E-state index contributed by atoms with van der Waals surface area (Å²) in [4.78, 5) is 78.0. The predicted molar refractivity (Wildman–Crippen MR) is 421 cm³/mol. The van der Waals surface area contributed by atoms with E-state index < -0.39 is 5.60 Å². The van der Waals surface area contributed by atoms with Crippen LogP contribution >= 0.6 is 92.8 Å². The Kier molecular flexibility index (Phi) is 25.9. The van der Waals surface area contributed by atoms with Crippen molar-refractivity contribution < 1.29 is 10.2 Å². The van der Waals surface area contributed by atoms with E-state index in [2.05, 4.69) is 43.5 Å². The van der Waals surface area contributed by atoms with Crippen LogP contribution in [-0.2, 0) is 0 Å². The summed E-state index contributed by atoms with van der Waals surface area (Å²) in [6, 6.07) is 27.0. The largest absolute Gasteiger partial charge is 0.396 e. The molecule has 28 heteroatoms. The average molecular weight is 1570 g/mol. The van der Waals surface area contributed by atoms with Gasteiger partial charge in [-0.1, -0.05) is 151 Å². The van der Waals surface area contributed by atoms with Crippen molar-refractivity contribution in [1.82, 2.24) is 38.2 Å². The number of hydrogen-bond acceptors (Lipinski definition) is 16. The zero-order chi connectivity index (χ0) is 74.5. The van der Waals surface area contributed by atoms with Gasteiger partial charge in [-0.05, 0) is 165 Å². The Morgan fingerprint density at radius 3 is 0.961 bits per heavy atom. The van der Waals surface area contributed by atoms with Gasteiger partial charge in [-0.15, -0.1) is 0 Å². The Bertz CT molecular complexity index is 4470. The van der Waals surface area contributed by atoms with Gasteiger partial charge in [0.05, 0.1) is 68.5 Å². The monoisotopic (exact) mass is 1560 g/mol. The lowest BCUT2D eigenvalue weighted by Crippen LogP contribution is -2.51. The van der Waals surface area contributed by atoms with Crippen molar-refractivity contribution in [1.29, 1.82) is 0 Å². The average Bonchev–Trinajstić information content (AvgIpc) is 1.69. The van der Waals surface area contributed by atoms with Crippen molar-refractivity contribution in [3.05, 3.63) is 202 Å². The molecule has 103 heavy (non-hydrogen) atoms. The van der Waals surface area contributed by atoms with Crippen LogP contribution in [-0.4, -0.2) is 124 Å². The lowest BCUT2D eigenvalue weighted by Gasteiger charge is -2.42. The normalized spacial score (nSPS) is 18.1. The van der Waals surface area contributed by atoms with E-state index in [1.807, 2.05) is 18.7 Å². The van der Waals surface area contributed by atoms with E-state index >= 15 is 0 Å². The molecular weight excluding hydrogens is 1480 g/mol. The molecule has 8 heterocycles. The topological polar surface area (TPSA) is 245 Å². The maximum Gasteiger partial charge on any atom is 0.260 e. The van der Waals surface area contributed by atoms with Crippen LogP contribution in [0.4, 0.5) is 23.3 Å². The fraction of sp³-hybridized carbons (Fsp3) is 0.467. The van der Waals surface area contributed by atoms with Gasteiger partial charge in [0.25, 0.3) is 22.2 Å². The number of halogens is 8. The fourth-order valence-electron chi connectivity index (χ4n) is 14.7. The molecule has 552 valence electrons. The third-order valence-corrected chi connectivity index (χ3v) is 24.8. The van der Waals surface area contributed by atoms with E-state index in [9.17, 15) is 24.3 Å². The predicted octanol–water partition coefficient (Wildman–Crippen LogP) is 14.9. The van der Waals surface area contributed by atoms with Crippen LogP contribution in [0.3, 0.4) is 0 Å². The van der Waals surface area contributed by atoms with Crippen molar-refractivity contribution in [3.8, 4) is 22.7 Å². The summed E-state index contributed by atoms with van der Waals surface area (Å²) in [7, 11) is 0. The summed E-state index contributed by atoms with van der Waals surface area (Å²) < 4.78 is 5.94. The van der Waals surface area contributed by atoms with Crippen LogP contribution in [0.5, 0.6) is 0 Å². The summed E-state index contributed by atoms with van der Waals surface area (Å²) >= 11 is 49.4. The maximum absolute atomic E-state index is 12.9. The number of anilines is 4. The van der Waals surface area contributed by atoms with Crippen LogP contribution in [0.25, 0.3) is 22.7 Å². The zero-order valence-electron chi connectivity index (χ0n) is 59.2. The number of hydrogen-bond donors (Lipinski definition) is 4. The number of aliphatic hydroxyl groups excluding tert-OH is 1. The summed E-state index contributed by atoms with van der Waals surface area (Å²) in [6.45, 7) is 20.1. The highest BCUT2D eigenvalue weighted by atomic mass is 35.5. The molecule has 0 radical (unpaired) electrons. The van der Waals surface area contributed by atoms with E-state index in [1.54, 1.807) is 106 Å². The zero-order valence-corrected chi connectivity index (χ0v) is 65.2. The smallest absolute Gasteiger partial charge is 0.260 e. The van der Waals surface area contributed by atoms with Gasteiger partial charge in [-0.25, -0.2) is 19.9 Å². The second kappa shape index (κ2) is 33.7. The maximum atomic E-state index is 12.9. The molecule has 1 saturated carbocycles. The number of benzene rings is 4. The van der Waals surface area contributed by atoms with Crippen LogP contribution in [0.15, 0.2) is 116 Å². The van der Waals surface area contributed by atoms with Gasteiger partial charge in [0.15, 0.2) is 0 Å². The molecule has 13 rings (SSSR count). The number of rotatable bonds is 12. The van der Waals surface area contributed by atoms with Crippen molar-refractivity contribution in [2.75, 3.05) is 78.6 Å². The molecule has 0 amide bonds. The Morgan fingerprint density at radius 1 is 0.427 bits per heavy atom. The van der Waals surface area contributed by atoms with Gasteiger partial charge < -0.3 is 41.3 Å². The highest BCUT2D eigenvalue weighted by molar-refractivity contribution is 6.44. The van der Waals surface area contributed by atoms with Crippen LogP contribution < -0.4 is 53.3 Å². The first-order chi connectivity index (χ1) is 48.9. The van der Waals surface area contributed by atoms with Crippen molar-refractivity contribution in [2.45, 2.75) is 155 Å². The minimum atomic E-state index is -0.602. The van der Waals surface area contributed by atoms with E-state index in [4.69, 9.17) is 114 Å². The first-order valence-electron chi connectivity index (χ1n) is 35.1. The molecule has 0 unspecified atom stereocenters. The number of aromatic nitrogens is 8. The highest BCUT2D eigenvalue weighted by Gasteiger charge is 2.43. The molecule has 1 spiro atoms. The molecule has 8 aromatic rings. The van der Waals surface area contributed by atoms with Gasteiger partial charge in [0.1, 0.15) is 46.6 Å². The Balaban J connectivity index is 0.000000148. The Morgan fingerprint density at radius 2 is 0.709 bits per heavy atom. The molecule has 5 aliphatic rings. The molecule has 1 aliphatic carbocycles. The minimum Gasteiger partial charge on any atom is -0.396 e. The van der Waals surface area contributed by atoms with E-state index in [1.165, 1.54) is 62.5 Å². The third-order valence-electron chi connectivity index (χ3n) is 21.6. The molecule has 5 fully saturated rings. The lowest BCUT2D eigenvalue weighted by atomic mass is 9.71. The van der Waals surface area contributed by atoms with E-state index in [0.717, 1.165) is 76.4 Å². The summed E-state index contributed by atoms with van der Waals surface area (Å²) in [5.74, 6) is 5.82. The van der Waals surface area contributed by atoms with Crippen molar-refractivity contribution >= 4 is 116 Å². The van der Waals surface area contributed by atoms with Gasteiger partial charge in [-0.3, -0.25) is 37.4 Å². The van der Waals surface area contributed by atoms with Gasteiger partial charge in [0, 0.05) is 94.3 Å². The molecular formula is C75H90Cl8N14O6. The molecule has 6 N–H and O–H groups in total. The summed E-state index contributed by atoms with van der Waals surface area (Å²) in [6.07, 6.45) is 13.4. The SMILES string of the molecule is CCC1(N)CCN(c2cc(=O)n(-c3cccc(Cl)c3Cl)c(C)n2)CC1.CCC1(O)CCN(c2cc(=O)n(-c3cccc(Cl)c3Cl)c(C)n2)CC1.Cc1nc(N2CCC(N)(CCO)CC2)cc(=O)n1-c1cccc(Cl)c1Cl.Cc1nc(N2CCC3(CCC[C@@H]3C)CC2)cc(=O)n1-c1cccc(Cl)c1Cl.